The van der Waals surface area contributed by atoms with Gasteiger partial charge in [-0.25, -0.2) is 4.79 Å². The molecule has 0 fully saturated rings. The minimum absolute atomic E-state index is 0.117. The number of para-hydroxylation sites is 1. The first-order valence-electron chi connectivity index (χ1n) is 8.50. The molecule has 0 heterocycles. The van der Waals surface area contributed by atoms with Gasteiger partial charge in [0.15, 0.2) is 6.61 Å². The number of amides is 3. The van der Waals surface area contributed by atoms with Gasteiger partial charge in [0.2, 0.25) is 0 Å². The molecule has 3 aromatic rings. The summed E-state index contributed by atoms with van der Waals surface area (Å²) in [6.07, 6.45) is 0. The van der Waals surface area contributed by atoms with E-state index >= 15 is 0 Å². The van der Waals surface area contributed by atoms with Crippen LogP contribution >= 0.6 is 15.9 Å². The standard InChI is InChI=1S/C21H18BrN3O3/c22-15-9-11-19(12-10-15)28-14-20(26)23-17-7-4-8-18(13-17)25-21(27)24-16-5-2-1-3-6-16/h1-13H,14H2,(H,23,26)(H2,24,25,27). The van der Waals surface area contributed by atoms with Gasteiger partial charge in [0.05, 0.1) is 0 Å². The van der Waals surface area contributed by atoms with E-state index in [0.717, 1.165) is 4.47 Å². The first-order chi connectivity index (χ1) is 13.6. The van der Waals surface area contributed by atoms with Crippen LogP contribution in [0.5, 0.6) is 5.75 Å². The molecular weight excluding hydrogens is 422 g/mol. The van der Waals surface area contributed by atoms with Crippen LogP contribution in [0.3, 0.4) is 0 Å². The van der Waals surface area contributed by atoms with Gasteiger partial charge in [0.1, 0.15) is 5.75 Å². The van der Waals surface area contributed by atoms with Crippen LogP contribution < -0.4 is 20.7 Å². The number of anilines is 3. The van der Waals surface area contributed by atoms with E-state index in [0.29, 0.717) is 22.8 Å². The van der Waals surface area contributed by atoms with Gasteiger partial charge < -0.3 is 20.7 Å². The van der Waals surface area contributed by atoms with Crippen molar-refractivity contribution in [3.63, 3.8) is 0 Å². The summed E-state index contributed by atoms with van der Waals surface area (Å²) >= 11 is 3.34. The van der Waals surface area contributed by atoms with Crippen molar-refractivity contribution in [1.82, 2.24) is 0 Å². The molecular formula is C21H18BrN3O3. The number of carbonyl (C=O) groups excluding carboxylic acids is 2. The van der Waals surface area contributed by atoms with Gasteiger partial charge in [-0.05, 0) is 54.6 Å². The Morgan fingerprint density at radius 3 is 2.07 bits per heavy atom. The van der Waals surface area contributed by atoms with Crippen molar-refractivity contribution in [3.8, 4) is 5.75 Å². The number of rotatable bonds is 6. The van der Waals surface area contributed by atoms with Crippen LogP contribution in [0.15, 0.2) is 83.3 Å². The highest BCUT2D eigenvalue weighted by molar-refractivity contribution is 9.10. The number of ether oxygens (including phenoxy) is 1. The molecule has 0 bridgehead atoms. The summed E-state index contributed by atoms with van der Waals surface area (Å²) < 4.78 is 6.38. The van der Waals surface area contributed by atoms with Gasteiger partial charge in [0, 0.05) is 21.5 Å². The molecule has 0 aliphatic carbocycles. The third-order valence-corrected chi connectivity index (χ3v) is 4.15. The summed E-state index contributed by atoms with van der Waals surface area (Å²) in [4.78, 5) is 24.1. The van der Waals surface area contributed by atoms with Crippen molar-refractivity contribution in [1.29, 1.82) is 0 Å². The third kappa shape index (κ3) is 6.14. The zero-order valence-electron chi connectivity index (χ0n) is 14.8. The summed E-state index contributed by atoms with van der Waals surface area (Å²) in [5.74, 6) is 0.306. The summed E-state index contributed by atoms with van der Waals surface area (Å²) in [5.41, 5.74) is 1.80. The molecule has 0 unspecified atom stereocenters. The summed E-state index contributed by atoms with van der Waals surface area (Å²) in [6.45, 7) is -0.117. The number of nitrogens with one attached hydrogen (secondary N) is 3. The maximum atomic E-state index is 12.1. The van der Waals surface area contributed by atoms with E-state index in [9.17, 15) is 9.59 Å². The minimum atomic E-state index is -0.367. The molecule has 0 atom stereocenters. The van der Waals surface area contributed by atoms with Gasteiger partial charge in [-0.1, -0.05) is 40.2 Å². The van der Waals surface area contributed by atoms with E-state index in [2.05, 4.69) is 31.9 Å². The second-order valence-corrected chi connectivity index (χ2v) is 6.73. The smallest absolute Gasteiger partial charge is 0.323 e. The van der Waals surface area contributed by atoms with Crippen molar-refractivity contribution in [2.24, 2.45) is 0 Å². The molecule has 3 amide bonds. The number of benzene rings is 3. The van der Waals surface area contributed by atoms with Crippen molar-refractivity contribution < 1.29 is 14.3 Å². The van der Waals surface area contributed by atoms with Crippen molar-refractivity contribution >= 4 is 44.9 Å². The quantitative estimate of drug-likeness (QED) is 0.499. The van der Waals surface area contributed by atoms with Crippen LogP contribution in [0.25, 0.3) is 0 Å². The van der Waals surface area contributed by atoms with Crippen LogP contribution in [-0.2, 0) is 4.79 Å². The van der Waals surface area contributed by atoms with Crippen molar-refractivity contribution in [2.75, 3.05) is 22.6 Å². The molecule has 0 aliphatic rings. The lowest BCUT2D eigenvalue weighted by molar-refractivity contribution is -0.118. The maximum absolute atomic E-state index is 12.1. The van der Waals surface area contributed by atoms with Gasteiger partial charge >= 0.3 is 6.03 Å². The fourth-order valence-corrected chi connectivity index (χ4v) is 2.63. The highest BCUT2D eigenvalue weighted by atomic mass is 79.9. The third-order valence-electron chi connectivity index (χ3n) is 3.62. The van der Waals surface area contributed by atoms with E-state index in [1.807, 2.05) is 30.3 Å². The Morgan fingerprint density at radius 1 is 0.750 bits per heavy atom. The second kappa shape index (κ2) is 9.57. The van der Waals surface area contributed by atoms with E-state index < -0.39 is 0 Å². The van der Waals surface area contributed by atoms with Crippen LogP contribution in [0, 0.1) is 0 Å². The first-order valence-corrected chi connectivity index (χ1v) is 9.29. The maximum Gasteiger partial charge on any atom is 0.323 e. The zero-order chi connectivity index (χ0) is 19.8. The highest BCUT2D eigenvalue weighted by Crippen LogP contribution is 2.17. The molecule has 7 heteroatoms. The largest absolute Gasteiger partial charge is 0.484 e. The Labute approximate surface area is 171 Å². The molecule has 6 nitrogen and oxygen atoms in total. The number of urea groups is 1. The average Bonchev–Trinajstić information content (AvgIpc) is 2.68. The van der Waals surface area contributed by atoms with Crippen LogP contribution in [0.4, 0.5) is 21.9 Å². The Kier molecular flexibility index (Phi) is 6.64. The molecule has 142 valence electrons. The number of hydrogen-bond donors (Lipinski definition) is 3. The molecule has 0 saturated carbocycles. The van der Waals surface area contributed by atoms with Crippen LogP contribution in [0.2, 0.25) is 0 Å². The van der Waals surface area contributed by atoms with E-state index in [1.165, 1.54) is 0 Å². The summed E-state index contributed by atoms with van der Waals surface area (Å²) in [6, 6.07) is 22.9. The normalized spacial score (nSPS) is 10.0. The molecule has 3 rings (SSSR count). The van der Waals surface area contributed by atoms with Gasteiger partial charge in [-0.15, -0.1) is 0 Å². The topological polar surface area (TPSA) is 79.5 Å². The molecule has 28 heavy (non-hydrogen) atoms. The predicted octanol–water partition coefficient (Wildman–Crippen LogP) is 5.11. The number of carbonyl (C=O) groups is 2. The molecule has 0 aliphatic heterocycles. The fraction of sp³-hybridized carbons (Fsp3) is 0.0476. The lowest BCUT2D eigenvalue weighted by Gasteiger charge is -2.10. The Hall–Kier alpha value is -3.32. The molecule has 0 aromatic heterocycles. The minimum Gasteiger partial charge on any atom is -0.484 e. The van der Waals surface area contributed by atoms with E-state index in [-0.39, 0.29) is 18.5 Å². The van der Waals surface area contributed by atoms with E-state index in [1.54, 1.807) is 48.5 Å². The molecule has 0 saturated heterocycles. The van der Waals surface area contributed by atoms with Crippen molar-refractivity contribution in [2.45, 2.75) is 0 Å². The van der Waals surface area contributed by atoms with Gasteiger partial charge in [0.25, 0.3) is 5.91 Å². The Morgan fingerprint density at radius 2 is 1.36 bits per heavy atom. The van der Waals surface area contributed by atoms with Gasteiger partial charge in [-0.3, -0.25) is 4.79 Å². The first kappa shape index (κ1) is 19.4. The zero-order valence-corrected chi connectivity index (χ0v) is 16.4. The lowest BCUT2D eigenvalue weighted by Crippen LogP contribution is -2.21. The fourth-order valence-electron chi connectivity index (χ4n) is 2.37. The second-order valence-electron chi connectivity index (χ2n) is 5.82. The molecule has 0 spiro atoms. The summed E-state index contributed by atoms with van der Waals surface area (Å²) in [5, 5.41) is 8.20. The lowest BCUT2D eigenvalue weighted by atomic mass is 10.2. The molecule has 0 radical (unpaired) electrons. The predicted molar refractivity (Wildman–Crippen MR) is 114 cm³/mol. The van der Waals surface area contributed by atoms with E-state index in [4.69, 9.17) is 4.74 Å². The Balaban J connectivity index is 1.51. The Bertz CT molecular complexity index is 947. The SMILES string of the molecule is O=C(COc1ccc(Br)cc1)Nc1cccc(NC(=O)Nc2ccccc2)c1. The molecule has 3 N–H and O–H groups in total. The number of hydrogen-bond acceptors (Lipinski definition) is 3. The monoisotopic (exact) mass is 439 g/mol. The van der Waals surface area contributed by atoms with Crippen molar-refractivity contribution in [3.05, 3.63) is 83.3 Å². The van der Waals surface area contributed by atoms with Crippen LogP contribution in [0.1, 0.15) is 0 Å². The summed E-state index contributed by atoms with van der Waals surface area (Å²) in [7, 11) is 0. The average molecular weight is 440 g/mol. The molecule has 3 aromatic carbocycles. The highest BCUT2D eigenvalue weighted by Gasteiger charge is 2.06. The van der Waals surface area contributed by atoms with Gasteiger partial charge in [-0.2, -0.15) is 0 Å². The van der Waals surface area contributed by atoms with Crippen LogP contribution in [-0.4, -0.2) is 18.5 Å². The number of halogens is 1.